The first-order chi connectivity index (χ1) is 8.63. The molecule has 0 aromatic heterocycles. The predicted octanol–water partition coefficient (Wildman–Crippen LogP) is 3.53. The largest absolute Gasteiger partial charge is 0.330 e. The molecule has 102 valence electrons. The van der Waals surface area contributed by atoms with E-state index in [9.17, 15) is 9.59 Å². The van der Waals surface area contributed by atoms with Crippen LogP contribution < -0.4 is 5.32 Å². The first-order valence-electron chi connectivity index (χ1n) is 6.44. The van der Waals surface area contributed by atoms with E-state index in [1.54, 1.807) is 25.2 Å². The molecule has 3 heteroatoms. The van der Waals surface area contributed by atoms with Gasteiger partial charge in [-0.15, -0.1) is 0 Å². The topological polar surface area (TPSA) is 46.2 Å². The van der Waals surface area contributed by atoms with Gasteiger partial charge in [0.2, 0.25) is 5.91 Å². The van der Waals surface area contributed by atoms with Crippen molar-refractivity contribution in [3.8, 4) is 0 Å². The minimum atomic E-state index is -0.0122. The molecule has 1 N–H and O–H groups in total. The number of rotatable bonds is 6. The van der Waals surface area contributed by atoms with E-state index >= 15 is 0 Å². The van der Waals surface area contributed by atoms with E-state index in [-0.39, 0.29) is 5.91 Å². The Labute approximate surface area is 111 Å². The number of hydrogen-bond donors (Lipinski definition) is 1. The Morgan fingerprint density at radius 3 is 2.28 bits per heavy atom. The molecule has 18 heavy (non-hydrogen) atoms. The van der Waals surface area contributed by atoms with Crippen LogP contribution in [0.2, 0.25) is 0 Å². The van der Waals surface area contributed by atoms with Gasteiger partial charge in [0.25, 0.3) is 0 Å². The lowest BCUT2D eigenvalue weighted by Crippen LogP contribution is -2.19. The molecule has 0 rings (SSSR count). The summed E-state index contributed by atoms with van der Waals surface area (Å²) >= 11 is 0. The third kappa shape index (κ3) is 10.9. The quantitative estimate of drug-likeness (QED) is 0.446. The molecule has 0 aliphatic carbocycles. The molecule has 0 saturated heterocycles. The van der Waals surface area contributed by atoms with Crippen LogP contribution in [0.15, 0.2) is 35.6 Å². The van der Waals surface area contributed by atoms with Gasteiger partial charge >= 0.3 is 0 Å². The molecule has 3 nitrogen and oxygen atoms in total. The summed E-state index contributed by atoms with van der Waals surface area (Å²) in [7, 11) is 0. The fourth-order valence-electron chi connectivity index (χ4n) is 1.04. The highest BCUT2D eigenvalue weighted by Gasteiger charge is 1.94. The molecular weight excluding hydrogens is 226 g/mol. The number of aldehydes is 1. The van der Waals surface area contributed by atoms with Gasteiger partial charge in [-0.05, 0) is 19.4 Å². The van der Waals surface area contributed by atoms with Crippen molar-refractivity contribution in [2.75, 3.05) is 0 Å². The Kier molecular flexibility index (Phi) is 14.0. The molecule has 1 amide bonds. The van der Waals surface area contributed by atoms with E-state index in [1.165, 1.54) is 0 Å². The molecule has 0 heterocycles. The van der Waals surface area contributed by atoms with E-state index in [0.29, 0.717) is 12.0 Å². The Hall–Kier alpha value is -1.64. The summed E-state index contributed by atoms with van der Waals surface area (Å²) in [5.74, 6) is -0.0122. The van der Waals surface area contributed by atoms with Gasteiger partial charge in [-0.25, -0.2) is 0 Å². The van der Waals surface area contributed by atoms with Crippen molar-refractivity contribution < 1.29 is 9.59 Å². The molecular formula is C15H25NO2. The lowest BCUT2D eigenvalue weighted by molar-refractivity contribution is -0.120. The van der Waals surface area contributed by atoms with E-state index in [4.69, 9.17) is 0 Å². The van der Waals surface area contributed by atoms with Crippen LogP contribution in [0.1, 0.15) is 47.5 Å². The maximum Gasteiger partial charge on any atom is 0.223 e. The van der Waals surface area contributed by atoms with E-state index in [1.807, 2.05) is 33.8 Å². The molecule has 0 unspecified atom stereocenters. The average Bonchev–Trinajstić information content (AvgIpc) is 2.39. The number of nitrogens with one attached hydrogen (secondary N) is 1. The van der Waals surface area contributed by atoms with Crippen LogP contribution >= 0.6 is 0 Å². The van der Waals surface area contributed by atoms with Crippen LogP contribution in [0, 0.1) is 0 Å². The Balaban J connectivity index is 0. The fourth-order valence-corrected chi connectivity index (χ4v) is 1.04. The van der Waals surface area contributed by atoms with Gasteiger partial charge in [0.05, 0.1) is 0 Å². The van der Waals surface area contributed by atoms with Gasteiger partial charge in [0.15, 0.2) is 0 Å². The van der Waals surface area contributed by atoms with E-state index in [0.717, 1.165) is 18.4 Å². The fraction of sp³-hybridized carbons (Fsp3) is 0.467. The van der Waals surface area contributed by atoms with Crippen LogP contribution in [0.25, 0.3) is 0 Å². The molecule has 0 aromatic rings. The van der Waals surface area contributed by atoms with Crippen LogP contribution in [0.5, 0.6) is 0 Å². The highest BCUT2D eigenvalue weighted by atomic mass is 16.1. The van der Waals surface area contributed by atoms with Crippen LogP contribution in [0.4, 0.5) is 0 Å². The van der Waals surface area contributed by atoms with Crippen molar-refractivity contribution in [1.29, 1.82) is 0 Å². The third-order valence-electron chi connectivity index (χ3n) is 1.87. The maximum absolute atomic E-state index is 11.0. The average molecular weight is 251 g/mol. The lowest BCUT2D eigenvalue weighted by atomic mass is 10.2. The van der Waals surface area contributed by atoms with Gasteiger partial charge in [-0.3, -0.25) is 9.59 Å². The van der Waals surface area contributed by atoms with Crippen molar-refractivity contribution in [3.63, 3.8) is 0 Å². The van der Waals surface area contributed by atoms with Crippen LogP contribution in [-0.2, 0) is 9.59 Å². The molecule has 0 radical (unpaired) electrons. The summed E-state index contributed by atoms with van der Waals surface area (Å²) in [4.78, 5) is 21.6. The monoisotopic (exact) mass is 251 g/mol. The summed E-state index contributed by atoms with van der Waals surface area (Å²) in [5.41, 5.74) is 1.42. The number of carbonyl (C=O) groups excluding carboxylic acids is 2. The molecule has 0 saturated carbocycles. The van der Waals surface area contributed by atoms with Gasteiger partial charge in [0.1, 0.15) is 6.29 Å². The molecule has 0 spiro atoms. The smallest absolute Gasteiger partial charge is 0.223 e. The zero-order chi connectivity index (χ0) is 14.4. The Morgan fingerprint density at radius 2 is 1.83 bits per heavy atom. The van der Waals surface area contributed by atoms with Crippen LogP contribution in [-0.4, -0.2) is 12.2 Å². The highest BCUT2D eigenvalue weighted by Crippen LogP contribution is 1.97. The standard InChI is InChI=1S/C13H19NO2.C2H6/c1-4-7-12(10-15)9-6-8-11(3)14-13(16)5-2;1-2/h6-10H,4-5H2,1-3H3,(H,14,16);1-2H3/b9-6-,11-8+,12-7?;. The molecule has 0 fully saturated rings. The van der Waals surface area contributed by atoms with Crippen molar-refractivity contribution >= 4 is 12.2 Å². The van der Waals surface area contributed by atoms with Gasteiger partial charge in [0, 0.05) is 17.7 Å². The van der Waals surface area contributed by atoms with Crippen molar-refractivity contribution in [3.05, 3.63) is 35.6 Å². The molecule has 0 bridgehead atoms. The van der Waals surface area contributed by atoms with E-state index in [2.05, 4.69) is 5.32 Å². The van der Waals surface area contributed by atoms with Crippen molar-refractivity contribution in [2.45, 2.75) is 47.5 Å². The molecule has 0 aliphatic heterocycles. The van der Waals surface area contributed by atoms with Gasteiger partial charge in [-0.1, -0.05) is 45.9 Å². The summed E-state index contributed by atoms with van der Waals surface area (Å²) in [6.07, 6.45) is 9.18. The van der Waals surface area contributed by atoms with Crippen molar-refractivity contribution in [1.82, 2.24) is 5.32 Å². The Morgan fingerprint density at radius 1 is 1.22 bits per heavy atom. The third-order valence-corrected chi connectivity index (χ3v) is 1.87. The summed E-state index contributed by atoms with van der Waals surface area (Å²) in [6.45, 7) is 9.58. The zero-order valence-electron chi connectivity index (χ0n) is 12.1. The molecule has 0 atom stereocenters. The number of amides is 1. The number of hydrogen-bond acceptors (Lipinski definition) is 2. The maximum atomic E-state index is 11.0. The minimum absolute atomic E-state index is 0.0122. The second-order valence-corrected chi connectivity index (χ2v) is 3.34. The molecule has 0 aromatic carbocycles. The normalized spacial score (nSPS) is 11.8. The Bertz CT molecular complexity index is 325. The van der Waals surface area contributed by atoms with Crippen LogP contribution in [0.3, 0.4) is 0 Å². The second kappa shape index (κ2) is 13.4. The first kappa shape index (κ1) is 18.7. The predicted molar refractivity (Wildman–Crippen MR) is 77.1 cm³/mol. The highest BCUT2D eigenvalue weighted by molar-refractivity contribution is 5.78. The molecule has 0 aliphatic rings. The first-order valence-corrected chi connectivity index (χ1v) is 6.44. The van der Waals surface area contributed by atoms with Crippen molar-refractivity contribution in [2.24, 2.45) is 0 Å². The van der Waals surface area contributed by atoms with E-state index < -0.39 is 0 Å². The second-order valence-electron chi connectivity index (χ2n) is 3.34. The number of carbonyl (C=O) groups is 2. The zero-order valence-corrected chi connectivity index (χ0v) is 12.1. The minimum Gasteiger partial charge on any atom is -0.330 e. The SMILES string of the molecule is CC.CCC=C(C=O)/C=C\C=C(/C)NC(=O)CC. The number of allylic oxidation sites excluding steroid dienone is 6. The van der Waals surface area contributed by atoms with Gasteiger partial charge < -0.3 is 5.32 Å². The lowest BCUT2D eigenvalue weighted by Gasteiger charge is -2.00. The summed E-state index contributed by atoms with van der Waals surface area (Å²) in [6, 6.07) is 0. The summed E-state index contributed by atoms with van der Waals surface area (Å²) in [5, 5.41) is 2.72. The summed E-state index contributed by atoms with van der Waals surface area (Å²) < 4.78 is 0. The van der Waals surface area contributed by atoms with Gasteiger partial charge in [-0.2, -0.15) is 0 Å².